The minimum Gasteiger partial charge on any atom is -0.377 e. The van der Waals surface area contributed by atoms with Crippen molar-refractivity contribution in [2.45, 2.75) is 6.61 Å². The summed E-state index contributed by atoms with van der Waals surface area (Å²) in [5.41, 5.74) is -0.112. The molecule has 6 nitrogen and oxygen atoms in total. The molecule has 3 rings (SSSR count). The zero-order chi connectivity index (χ0) is 17.8. The second-order valence-electron chi connectivity index (χ2n) is 5.67. The number of hydrogen-bond acceptors (Lipinski definition) is 5. The van der Waals surface area contributed by atoms with E-state index in [1.54, 1.807) is 24.3 Å². The Kier molecular flexibility index (Phi) is 5.18. The van der Waals surface area contributed by atoms with E-state index in [4.69, 9.17) is 4.74 Å². The van der Waals surface area contributed by atoms with Crippen LogP contribution in [0.4, 0.5) is 14.6 Å². The molecule has 0 atom stereocenters. The van der Waals surface area contributed by atoms with Crippen LogP contribution in [0, 0.1) is 11.6 Å². The first-order chi connectivity index (χ1) is 12.1. The van der Waals surface area contributed by atoms with Crippen LogP contribution in [0.15, 0.2) is 30.5 Å². The first-order valence-electron chi connectivity index (χ1n) is 7.88. The van der Waals surface area contributed by atoms with Crippen molar-refractivity contribution in [1.82, 2.24) is 14.9 Å². The lowest BCUT2D eigenvalue weighted by Crippen LogP contribution is -2.49. The van der Waals surface area contributed by atoms with Gasteiger partial charge in [-0.25, -0.2) is 18.7 Å². The number of ether oxygens (including phenoxy) is 1. The first kappa shape index (κ1) is 17.2. The lowest BCUT2D eigenvalue weighted by atomic mass is 10.1. The lowest BCUT2D eigenvalue weighted by Gasteiger charge is -2.35. The van der Waals surface area contributed by atoms with Gasteiger partial charge in [0.15, 0.2) is 5.82 Å². The van der Waals surface area contributed by atoms with Crippen molar-refractivity contribution >= 4 is 11.7 Å². The van der Waals surface area contributed by atoms with Crippen molar-refractivity contribution in [2.24, 2.45) is 0 Å². The number of benzene rings is 1. The molecule has 1 saturated heterocycles. The highest BCUT2D eigenvalue weighted by atomic mass is 19.1. The third kappa shape index (κ3) is 3.90. The van der Waals surface area contributed by atoms with Crippen molar-refractivity contribution in [3.05, 3.63) is 53.5 Å². The zero-order valence-electron chi connectivity index (χ0n) is 13.8. The van der Waals surface area contributed by atoms with Crippen LogP contribution in [0.3, 0.4) is 0 Å². The molecule has 0 saturated carbocycles. The summed E-state index contributed by atoms with van der Waals surface area (Å²) < 4.78 is 31.8. The molecule has 0 spiro atoms. The van der Waals surface area contributed by atoms with Gasteiger partial charge in [0.2, 0.25) is 0 Å². The molecule has 1 aromatic carbocycles. The normalized spacial score (nSPS) is 14.7. The molecule has 0 bridgehead atoms. The Morgan fingerprint density at radius 3 is 2.64 bits per heavy atom. The Morgan fingerprint density at radius 2 is 1.96 bits per heavy atom. The number of carbonyl (C=O) groups is 1. The SMILES string of the molecule is COCc1nccc(N2CCN(C(=O)c3ccc(F)cc3F)CC2)n1. The van der Waals surface area contributed by atoms with E-state index >= 15 is 0 Å². The molecule has 0 N–H and O–H groups in total. The van der Waals surface area contributed by atoms with E-state index in [2.05, 4.69) is 9.97 Å². The molecular formula is C17H18F2N4O2. The van der Waals surface area contributed by atoms with E-state index in [1.807, 2.05) is 4.90 Å². The van der Waals surface area contributed by atoms with Gasteiger partial charge in [-0.05, 0) is 18.2 Å². The molecule has 25 heavy (non-hydrogen) atoms. The second-order valence-corrected chi connectivity index (χ2v) is 5.67. The zero-order valence-corrected chi connectivity index (χ0v) is 13.8. The molecule has 132 valence electrons. The Morgan fingerprint density at radius 1 is 1.20 bits per heavy atom. The number of aromatic nitrogens is 2. The third-order valence-electron chi connectivity index (χ3n) is 4.02. The first-order valence-corrected chi connectivity index (χ1v) is 7.88. The predicted molar refractivity (Wildman–Crippen MR) is 87.2 cm³/mol. The van der Waals surface area contributed by atoms with Gasteiger partial charge >= 0.3 is 0 Å². The number of halogens is 2. The number of hydrogen-bond donors (Lipinski definition) is 0. The second kappa shape index (κ2) is 7.52. The van der Waals surface area contributed by atoms with Crippen molar-refractivity contribution in [3.63, 3.8) is 0 Å². The fraction of sp³-hybridized carbons (Fsp3) is 0.353. The number of piperazine rings is 1. The number of amides is 1. The van der Waals surface area contributed by atoms with Gasteiger partial charge in [0.05, 0.1) is 5.56 Å². The van der Waals surface area contributed by atoms with Gasteiger partial charge in [0, 0.05) is 45.6 Å². The molecule has 0 unspecified atom stereocenters. The molecule has 0 aliphatic carbocycles. The van der Waals surface area contributed by atoms with Crippen molar-refractivity contribution in [3.8, 4) is 0 Å². The largest absolute Gasteiger partial charge is 0.377 e. The van der Waals surface area contributed by atoms with Crippen LogP contribution in [0.5, 0.6) is 0 Å². The summed E-state index contributed by atoms with van der Waals surface area (Å²) in [5.74, 6) is -0.615. The number of carbonyl (C=O) groups excluding carboxylic acids is 1. The highest BCUT2D eigenvalue weighted by Crippen LogP contribution is 2.17. The minimum atomic E-state index is -0.840. The van der Waals surface area contributed by atoms with Crippen molar-refractivity contribution in [2.75, 3.05) is 38.2 Å². The van der Waals surface area contributed by atoms with Crippen LogP contribution in [-0.4, -0.2) is 54.1 Å². The van der Waals surface area contributed by atoms with Crippen LogP contribution in [0.1, 0.15) is 16.2 Å². The molecule has 2 aromatic rings. The van der Waals surface area contributed by atoms with E-state index in [9.17, 15) is 13.6 Å². The van der Waals surface area contributed by atoms with Gasteiger partial charge in [-0.15, -0.1) is 0 Å². The Bertz CT molecular complexity index is 764. The Labute approximate surface area is 144 Å². The Balaban J connectivity index is 1.65. The summed E-state index contributed by atoms with van der Waals surface area (Å²) in [6.07, 6.45) is 1.67. The molecule has 8 heteroatoms. The molecular weight excluding hydrogens is 330 g/mol. The van der Waals surface area contributed by atoms with Crippen LogP contribution in [0.2, 0.25) is 0 Å². The van der Waals surface area contributed by atoms with Gasteiger partial charge < -0.3 is 14.5 Å². The van der Waals surface area contributed by atoms with E-state index in [0.717, 1.165) is 18.0 Å². The average molecular weight is 348 g/mol. The van der Waals surface area contributed by atoms with Crippen LogP contribution >= 0.6 is 0 Å². The lowest BCUT2D eigenvalue weighted by molar-refractivity contribution is 0.0741. The third-order valence-corrected chi connectivity index (χ3v) is 4.02. The minimum absolute atomic E-state index is 0.112. The quantitative estimate of drug-likeness (QED) is 0.844. The van der Waals surface area contributed by atoms with E-state index in [0.29, 0.717) is 38.6 Å². The van der Waals surface area contributed by atoms with E-state index in [-0.39, 0.29) is 5.56 Å². The molecule has 0 radical (unpaired) electrons. The van der Waals surface area contributed by atoms with E-state index in [1.165, 1.54) is 6.07 Å². The van der Waals surface area contributed by atoms with Gasteiger partial charge in [-0.1, -0.05) is 0 Å². The van der Waals surface area contributed by atoms with Gasteiger partial charge in [-0.2, -0.15) is 0 Å². The summed E-state index contributed by atoms with van der Waals surface area (Å²) in [6, 6.07) is 4.80. The number of nitrogens with zero attached hydrogens (tertiary/aromatic N) is 4. The maximum absolute atomic E-state index is 13.8. The fourth-order valence-corrected chi connectivity index (χ4v) is 2.73. The van der Waals surface area contributed by atoms with Crippen molar-refractivity contribution in [1.29, 1.82) is 0 Å². The summed E-state index contributed by atoms with van der Waals surface area (Å²) in [5, 5.41) is 0. The standard InChI is InChI=1S/C17H18F2N4O2/c1-25-11-15-20-5-4-16(21-15)22-6-8-23(9-7-22)17(24)13-3-2-12(18)10-14(13)19/h2-5,10H,6-9,11H2,1H3. The topological polar surface area (TPSA) is 58.6 Å². The van der Waals surface area contributed by atoms with Crippen LogP contribution < -0.4 is 4.90 Å². The molecule has 1 amide bonds. The smallest absolute Gasteiger partial charge is 0.256 e. The number of anilines is 1. The highest BCUT2D eigenvalue weighted by Gasteiger charge is 2.25. The van der Waals surface area contributed by atoms with Crippen molar-refractivity contribution < 1.29 is 18.3 Å². The van der Waals surface area contributed by atoms with Crippen LogP contribution in [-0.2, 0) is 11.3 Å². The summed E-state index contributed by atoms with van der Waals surface area (Å²) >= 11 is 0. The molecule has 2 heterocycles. The number of methoxy groups -OCH3 is 1. The average Bonchev–Trinajstić information content (AvgIpc) is 2.62. The molecule has 1 aliphatic heterocycles. The summed E-state index contributed by atoms with van der Waals surface area (Å²) in [6.45, 7) is 2.32. The highest BCUT2D eigenvalue weighted by molar-refractivity contribution is 5.94. The maximum Gasteiger partial charge on any atom is 0.256 e. The molecule has 1 aromatic heterocycles. The summed E-state index contributed by atoms with van der Waals surface area (Å²) in [7, 11) is 1.58. The van der Waals surface area contributed by atoms with Crippen LogP contribution in [0.25, 0.3) is 0 Å². The van der Waals surface area contributed by atoms with Gasteiger partial charge in [0.25, 0.3) is 5.91 Å². The molecule has 1 aliphatic rings. The van der Waals surface area contributed by atoms with Gasteiger partial charge in [0.1, 0.15) is 24.1 Å². The predicted octanol–water partition coefficient (Wildman–Crippen LogP) is 1.86. The van der Waals surface area contributed by atoms with Gasteiger partial charge in [-0.3, -0.25) is 4.79 Å². The monoisotopic (exact) mass is 348 g/mol. The fourth-order valence-electron chi connectivity index (χ4n) is 2.73. The van der Waals surface area contributed by atoms with E-state index < -0.39 is 17.5 Å². The number of rotatable bonds is 4. The Hall–Kier alpha value is -2.61. The summed E-state index contributed by atoms with van der Waals surface area (Å²) in [4.78, 5) is 24.6. The maximum atomic E-state index is 13.8. The molecule has 1 fully saturated rings.